The maximum Gasteiger partial charge on any atom is 0.158 e. The highest BCUT2D eigenvalue weighted by molar-refractivity contribution is 7.92. The fourth-order valence-electron chi connectivity index (χ4n) is 1.39. The highest BCUT2D eigenvalue weighted by Gasteiger charge is 2.33. The number of rotatable bonds is 1. The summed E-state index contributed by atoms with van der Waals surface area (Å²) >= 11 is 0. The van der Waals surface area contributed by atoms with Gasteiger partial charge >= 0.3 is 0 Å². The minimum atomic E-state index is -2.81. The van der Waals surface area contributed by atoms with Crippen molar-refractivity contribution in [1.82, 2.24) is 5.32 Å². The molecule has 3 nitrogen and oxygen atoms in total. The molecule has 0 aromatic heterocycles. The largest absolute Gasteiger partial charge is 0.314 e. The third kappa shape index (κ3) is 2.12. The third-order valence-electron chi connectivity index (χ3n) is 2.28. The second-order valence-electron chi connectivity index (χ2n) is 3.09. The smallest absolute Gasteiger partial charge is 0.158 e. The molecule has 1 aliphatic rings. The first-order chi connectivity index (χ1) is 5.09. The average molecular weight is 214 g/mol. The van der Waals surface area contributed by atoms with Crippen LogP contribution in [0.25, 0.3) is 0 Å². The number of hydrogen-bond donors (Lipinski definition) is 1. The molecule has 0 saturated carbocycles. The van der Waals surface area contributed by atoms with Crippen molar-refractivity contribution in [3.63, 3.8) is 0 Å². The van der Waals surface area contributed by atoms with Crippen LogP contribution in [0.4, 0.5) is 0 Å². The molecule has 2 unspecified atom stereocenters. The summed E-state index contributed by atoms with van der Waals surface area (Å²) in [5, 5.41) is 2.74. The zero-order chi connectivity index (χ0) is 8.48. The van der Waals surface area contributed by atoms with Gasteiger partial charge in [-0.1, -0.05) is 6.92 Å². The molecule has 1 fully saturated rings. The molecule has 1 heterocycles. The van der Waals surface area contributed by atoms with E-state index in [1.165, 1.54) is 0 Å². The van der Waals surface area contributed by atoms with Gasteiger partial charge in [0.1, 0.15) is 0 Å². The molecule has 0 aromatic carbocycles. The van der Waals surface area contributed by atoms with Gasteiger partial charge in [0.05, 0.1) is 10.5 Å². The van der Waals surface area contributed by atoms with Crippen LogP contribution in [-0.4, -0.2) is 32.0 Å². The van der Waals surface area contributed by atoms with Gasteiger partial charge in [-0.15, -0.1) is 12.4 Å². The summed E-state index contributed by atoms with van der Waals surface area (Å²) in [6.07, 6.45) is 0.722. The van der Waals surface area contributed by atoms with Gasteiger partial charge in [0.15, 0.2) is 9.84 Å². The van der Waals surface area contributed by atoms with Gasteiger partial charge in [-0.05, 0) is 13.3 Å². The summed E-state index contributed by atoms with van der Waals surface area (Å²) in [5.41, 5.74) is 0. The van der Waals surface area contributed by atoms with Crippen LogP contribution in [0.5, 0.6) is 0 Å². The van der Waals surface area contributed by atoms with Crippen LogP contribution in [0.2, 0.25) is 0 Å². The van der Waals surface area contributed by atoms with Crippen LogP contribution in [-0.2, 0) is 9.84 Å². The molecular weight excluding hydrogens is 198 g/mol. The van der Waals surface area contributed by atoms with E-state index in [1.807, 2.05) is 6.92 Å². The van der Waals surface area contributed by atoms with E-state index < -0.39 is 9.84 Å². The molecule has 1 rings (SSSR count). The normalized spacial score (nSPS) is 33.8. The lowest BCUT2D eigenvalue weighted by Gasteiger charge is -2.27. The maximum absolute atomic E-state index is 11.5. The molecule has 0 radical (unpaired) electrons. The summed E-state index contributed by atoms with van der Waals surface area (Å²) in [5.74, 6) is 0. The highest BCUT2D eigenvalue weighted by atomic mass is 35.5. The molecule has 0 aliphatic carbocycles. The molecule has 74 valence electrons. The van der Waals surface area contributed by atoms with Gasteiger partial charge in [0, 0.05) is 13.1 Å². The summed E-state index contributed by atoms with van der Waals surface area (Å²) in [6.45, 7) is 4.92. The van der Waals surface area contributed by atoms with Crippen molar-refractivity contribution in [3.8, 4) is 0 Å². The van der Waals surface area contributed by atoms with Gasteiger partial charge in [-0.25, -0.2) is 8.42 Å². The molecule has 1 N–H and O–H groups in total. The van der Waals surface area contributed by atoms with Crippen molar-refractivity contribution in [2.45, 2.75) is 30.8 Å². The van der Waals surface area contributed by atoms with Gasteiger partial charge in [0.2, 0.25) is 0 Å². The number of halogens is 1. The van der Waals surface area contributed by atoms with E-state index in [-0.39, 0.29) is 22.9 Å². The predicted molar refractivity (Wildman–Crippen MR) is 52.6 cm³/mol. The monoisotopic (exact) mass is 213 g/mol. The molecule has 5 heteroatoms. The summed E-state index contributed by atoms with van der Waals surface area (Å²) < 4.78 is 23.0. The Hall–Kier alpha value is 0.200. The van der Waals surface area contributed by atoms with Crippen LogP contribution < -0.4 is 5.32 Å². The first kappa shape index (κ1) is 12.2. The molecule has 0 amide bonds. The summed E-state index contributed by atoms with van der Waals surface area (Å²) in [4.78, 5) is 0. The van der Waals surface area contributed by atoms with Crippen LogP contribution >= 0.6 is 12.4 Å². The molecule has 1 aliphatic heterocycles. The third-order valence-corrected chi connectivity index (χ3v) is 5.00. The van der Waals surface area contributed by atoms with E-state index in [9.17, 15) is 8.42 Å². The summed E-state index contributed by atoms with van der Waals surface area (Å²) in [7, 11) is -2.81. The van der Waals surface area contributed by atoms with Crippen molar-refractivity contribution >= 4 is 22.2 Å². The van der Waals surface area contributed by atoms with Crippen molar-refractivity contribution in [3.05, 3.63) is 0 Å². The minimum absolute atomic E-state index is 0. The zero-order valence-corrected chi connectivity index (χ0v) is 9.04. The van der Waals surface area contributed by atoms with Gasteiger partial charge in [-0.3, -0.25) is 0 Å². The molecule has 1 saturated heterocycles. The second-order valence-corrected chi connectivity index (χ2v) is 5.74. The number of hydrogen-bond acceptors (Lipinski definition) is 3. The van der Waals surface area contributed by atoms with E-state index in [1.54, 1.807) is 6.92 Å². The SMILES string of the molecule is CCC1CNCC(C)S1(=O)=O.Cl. The van der Waals surface area contributed by atoms with Crippen molar-refractivity contribution in [1.29, 1.82) is 0 Å². The Morgan fingerprint density at radius 3 is 2.42 bits per heavy atom. The van der Waals surface area contributed by atoms with Gasteiger partial charge in [0.25, 0.3) is 0 Å². The maximum atomic E-state index is 11.5. The van der Waals surface area contributed by atoms with E-state index in [2.05, 4.69) is 5.32 Å². The minimum Gasteiger partial charge on any atom is -0.314 e. The first-order valence-corrected chi connectivity index (χ1v) is 5.63. The Bertz CT molecular complexity index is 228. The lowest BCUT2D eigenvalue weighted by atomic mass is 10.3. The number of sulfone groups is 1. The molecule has 0 aromatic rings. The standard InChI is InChI=1S/C7H15NO2S.ClH/c1-3-7-5-8-4-6(2)11(7,9)10;/h6-8H,3-5H2,1-2H3;1H. The lowest BCUT2D eigenvalue weighted by molar-refractivity contribution is 0.515. The van der Waals surface area contributed by atoms with E-state index in [4.69, 9.17) is 0 Å². The predicted octanol–water partition coefficient (Wildman–Crippen LogP) is 0.593. The molecule has 0 bridgehead atoms. The van der Waals surface area contributed by atoms with Crippen LogP contribution in [0.3, 0.4) is 0 Å². The molecule has 12 heavy (non-hydrogen) atoms. The molecule has 0 spiro atoms. The molecule has 2 atom stereocenters. The van der Waals surface area contributed by atoms with E-state index in [0.29, 0.717) is 13.1 Å². The Morgan fingerprint density at radius 2 is 2.00 bits per heavy atom. The molecular formula is C7H16ClNO2S. The Morgan fingerprint density at radius 1 is 1.42 bits per heavy atom. The Kier molecular flexibility index (Phi) is 4.51. The topological polar surface area (TPSA) is 46.2 Å². The number of nitrogens with one attached hydrogen (secondary N) is 1. The van der Waals surface area contributed by atoms with Crippen molar-refractivity contribution in [2.24, 2.45) is 0 Å². The van der Waals surface area contributed by atoms with E-state index >= 15 is 0 Å². The Labute approximate surface area is 80.3 Å². The lowest BCUT2D eigenvalue weighted by Crippen LogP contribution is -2.48. The Balaban J connectivity index is 0.00000121. The van der Waals surface area contributed by atoms with Crippen molar-refractivity contribution < 1.29 is 8.42 Å². The van der Waals surface area contributed by atoms with E-state index in [0.717, 1.165) is 6.42 Å². The highest BCUT2D eigenvalue weighted by Crippen LogP contribution is 2.15. The van der Waals surface area contributed by atoms with Crippen molar-refractivity contribution in [2.75, 3.05) is 13.1 Å². The van der Waals surface area contributed by atoms with Gasteiger partial charge in [-0.2, -0.15) is 0 Å². The van der Waals surface area contributed by atoms with Gasteiger partial charge < -0.3 is 5.32 Å². The first-order valence-electron chi connectivity index (χ1n) is 4.02. The second kappa shape index (κ2) is 4.44. The quantitative estimate of drug-likeness (QED) is 0.694. The fourth-order valence-corrected chi connectivity index (χ4v) is 3.21. The zero-order valence-electron chi connectivity index (χ0n) is 7.41. The van der Waals surface area contributed by atoms with Crippen LogP contribution in [0, 0.1) is 0 Å². The van der Waals surface area contributed by atoms with Crippen LogP contribution in [0.1, 0.15) is 20.3 Å². The van der Waals surface area contributed by atoms with Crippen LogP contribution in [0.15, 0.2) is 0 Å². The fraction of sp³-hybridized carbons (Fsp3) is 1.00. The summed E-state index contributed by atoms with van der Waals surface area (Å²) in [6, 6.07) is 0. The average Bonchev–Trinajstić information content (AvgIpc) is 1.95.